The monoisotopic (exact) mass is 161 g/mol. The minimum absolute atomic E-state index is 0.191. The van der Waals surface area contributed by atoms with Gasteiger partial charge in [0.1, 0.15) is 6.10 Å². The molecule has 4 N–H and O–H groups in total. The van der Waals surface area contributed by atoms with Crippen LogP contribution in [0.4, 0.5) is 0 Å². The van der Waals surface area contributed by atoms with Crippen LogP contribution in [0.25, 0.3) is 0 Å². The number of rotatable bonds is 0. The molecule has 0 aliphatic carbocycles. The van der Waals surface area contributed by atoms with Gasteiger partial charge in [0.2, 0.25) is 0 Å². The maximum atomic E-state index is 9.33. The first kappa shape index (κ1) is 8.93. The molecule has 1 heterocycles. The van der Waals surface area contributed by atoms with Gasteiger partial charge in [-0.15, -0.1) is 0 Å². The van der Waals surface area contributed by atoms with Crippen LogP contribution in [-0.2, 0) is 4.74 Å². The molecule has 0 bridgehead atoms. The molecule has 0 spiro atoms. The molecule has 66 valence electrons. The third-order valence-corrected chi connectivity index (χ3v) is 2.20. The van der Waals surface area contributed by atoms with E-state index in [0.29, 0.717) is 0 Å². The second kappa shape index (κ2) is 3.06. The Balaban J connectivity index is 2.63. The standard InChI is InChI=1S/C7H15NO3/c1-3-5(8)7(10)6(9)4(2)11-3/h3-7,9-10H,8H2,1-2H3/t3?,4-,5-,6?,7-/m0/s1. The van der Waals surface area contributed by atoms with Crippen LogP contribution >= 0.6 is 0 Å². The number of ether oxygens (including phenoxy) is 1. The Morgan fingerprint density at radius 2 is 1.64 bits per heavy atom. The van der Waals surface area contributed by atoms with Gasteiger partial charge in [0.05, 0.1) is 24.4 Å². The highest BCUT2D eigenvalue weighted by Crippen LogP contribution is 2.18. The second-order valence-corrected chi connectivity index (χ2v) is 3.10. The average molecular weight is 161 g/mol. The Morgan fingerprint density at radius 3 is 2.18 bits per heavy atom. The van der Waals surface area contributed by atoms with Crippen molar-refractivity contribution in [2.24, 2.45) is 5.73 Å². The summed E-state index contributed by atoms with van der Waals surface area (Å²) in [4.78, 5) is 0. The minimum atomic E-state index is -0.867. The molecule has 0 aromatic rings. The van der Waals surface area contributed by atoms with E-state index in [1.807, 2.05) is 0 Å². The van der Waals surface area contributed by atoms with Gasteiger partial charge in [0.25, 0.3) is 0 Å². The van der Waals surface area contributed by atoms with Gasteiger partial charge in [0.15, 0.2) is 0 Å². The first-order valence-corrected chi connectivity index (χ1v) is 3.81. The highest BCUT2D eigenvalue weighted by molar-refractivity contribution is 4.91. The predicted molar refractivity (Wildman–Crippen MR) is 40.0 cm³/mol. The van der Waals surface area contributed by atoms with E-state index in [9.17, 15) is 10.2 Å². The summed E-state index contributed by atoms with van der Waals surface area (Å²) in [5, 5.41) is 18.6. The van der Waals surface area contributed by atoms with Gasteiger partial charge in [-0.3, -0.25) is 0 Å². The fourth-order valence-corrected chi connectivity index (χ4v) is 1.29. The van der Waals surface area contributed by atoms with E-state index in [1.165, 1.54) is 0 Å². The van der Waals surface area contributed by atoms with Crippen molar-refractivity contribution in [2.75, 3.05) is 0 Å². The highest BCUT2D eigenvalue weighted by Gasteiger charge is 2.38. The Bertz CT molecular complexity index is 128. The molecule has 0 amide bonds. The van der Waals surface area contributed by atoms with Gasteiger partial charge >= 0.3 is 0 Å². The molecular weight excluding hydrogens is 146 g/mol. The van der Waals surface area contributed by atoms with Gasteiger partial charge in [-0.2, -0.15) is 0 Å². The molecular formula is C7H15NO3. The van der Waals surface area contributed by atoms with Crippen molar-refractivity contribution in [3.8, 4) is 0 Å². The van der Waals surface area contributed by atoms with Crippen LogP contribution in [0.2, 0.25) is 0 Å². The van der Waals surface area contributed by atoms with Gasteiger partial charge in [-0.1, -0.05) is 0 Å². The van der Waals surface area contributed by atoms with E-state index >= 15 is 0 Å². The number of nitrogens with two attached hydrogens (primary N) is 1. The van der Waals surface area contributed by atoms with Crippen LogP contribution in [0.3, 0.4) is 0 Å². The molecule has 11 heavy (non-hydrogen) atoms. The molecule has 4 heteroatoms. The van der Waals surface area contributed by atoms with Crippen LogP contribution in [0.15, 0.2) is 0 Å². The van der Waals surface area contributed by atoms with E-state index in [4.69, 9.17) is 10.5 Å². The van der Waals surface area contributed by atoms with Crippen LogP contribution < -0.4 is 5.73 Å². The zero-order chi connectivity index (χ0) is 8.59. The van der Waals surface area contributed by atoms with Gasteiger partial charge in [-0.25, -0.2) is 0 Å². The van der Waals surface area contributed by atoms with Gasteiger partial charge < -0.3 is 20.7 Å². The summed E-state index contributed by atoms with van der Waals surface area (Å²) in [6.07, 6.45) is -2.25. The third kappa shape index (κ3) is 1.54. The van der Waals surface area contributed by atoms with Crippen LogP contribution in [0.5, 0.6) is 0 Å². The molecule has 1 aliphatic rings. The van der Waals surface area contributed by atoms with E-state index in [2.05, 4.69) is 0 Å². The van der Waals surface area contributed by atoms with Crippen molar-refractivity contribution in [3.63, 3.8) is 0 Å². The predicted octanol–water partition coefficient (Wildman–Crippen LogP) is -1.16. The lowest BCUT2D eigenvalue weighted by atomic mass is 9.95. The lowest BCUT2D eigenvalue weighted by Crippen LogP contribution is -2.59. The first-order valence-electron chi connectivity index (χ1n) is 3.81. The maximum Gasteiger partial charge on any atom is 0.107 e. The van der Waals surface area contributed by atoms with Gasteiger partial charge in [-0.05, 0) is 13.8 Å². The summed E-state index contributed by atoms with van der Waals surface area (Å²) in [6, 6.07) is -0.485. The quantitative estimate of drug-likeness (QED) is 0.419. The van der Waals surface area contributed by atoms with E-state index in [1.54, 1.807) is 13.8 Å². The van der Waals surface area contributed by atoms with Crippen molar-refractivity contribution < 1.29 is 14.9 Å². The lowest BCUT2D eigenvalue weighted by Gasteiger charge is -2.38. The fraction of sp³-hybridized carbons (Fsp3) is 1.00. The molecule has 1 fully saturated rings. The smallest absolute Gasteiger partial charge is 0.107 e. The van der Waals surface area contributed by atoms with Crippen molar-refractivity contribution in [2.45, 2.75) is 44.3 Å². The number of aliphatic hydroxyl groups excluding tert-OH is 2. The fourth-order valence-electron chi connectivity index (χ4n) is 1.29. The summed E-state index contributed by atoms with van der Waals surface area (Å²) in [6.45, 7) is 3.51. The number of hydrogen-bond acceptors (Lipinski definition) is 4. The van der Waals surface area contributed by atoms with Crippen molar-refractivity contribution in [1.82, 2.24) is 0 Å². The molecule has 1 aliphatic heterocycles. The molecule has 1 rings (SSSR count). The molecule has 0 radical (unpaired) electrons. The topological polar surface area (TPSA) is 75.7 Å². The third-order valence-electron chi connectivity index (χ3n) is 2.20. The van der Waals surface area contributed by atoms with Crippen LogP contribution in [0.1, 0.15) is 13.8 Å². The molecule has 0 saturated carbocycles. The number of aliphatic hydroxyl groups is 2. The zero-order valence-corrected chi connectivity index (χ0v) is 6.77. The van der Waals surface area contributed by atoms with Crippen molar-refractivity contribution in [1.29, 1.82) is 0 Å². The van der Waals surface area contributed by atoms with Crippen LogP contribution in [0, 0.1) is 0 Å². The van der Waals surface area contributed by atoms with E-state index < -0.39 is 18.2 Å². The maximum absolute atomic E-state index is 9.33. The SMILES string of the molecule is CC1O[C@@H](C)C(O)[C@@H](O)[C@H]1N. The molecule has 4 nitrogen and oxygen atoms in total. The summed E-state index contributed by atoms with van der Waals surface area (Å²) in [5.74, 6) is 0. The van der Waals surface area contributed by atoms with E-state index in [-0.39, 0.29) is 12.2 Å². The Morgan fingerprint density at radius 1 is 1.09 bits per heavy atom. The minimum Gasteiger partial charge on any atom is -0.389 e. The summed E-state index contributed by atoms with van der Waals surface area (Å²) in [5.41, 5.74) is 5.54. The van der Waals surface area contributed by atoms with Gasteiger partial charge in [0, 0.05) is 0 Å². The molecule has 1 saturated heterocycles. The van der Waals surface area contributed by atoms with E-state index in [0.717, 1.165) is 0 Å². The summed E-state index contributed by atoms with van der Waals surface area (Å²) < 4.78 is 5.25. The second-order valence-electron chi connectivity index (χ2n) is 3.10. The lowest BCUT2D eigenvalue weighted by molar-refractivity contribution is -0.166. The normalized spacial score (nSPS) is 52.6. The Hall–Kier alpha value is -0.160. The molecule has 0 aromatic heterocycles. The Kier molecular flexibility index (Phi) is 2.49. The largest absolute Gasteiger partial charge is 0.389 e. The molecule has 5 atom stereocenters. The summed E-state index contributed by atoms with van der Waals surface area (Å²) in [7, 11) is 0. The van der Waals surface area contributed by atoms with Crippen LogP contribution in [-0.4, -0.2) is 40.7 Å². The zero-order valence-electron chi connectivity index (χ0n) is 6.77. The summed E-state index contributed by atoms with van der Waals surface area (Å²) >= 11 is 0. The molecule has 2 unspecified atom stereocenters. The average Bonchev–Trinajstić information content (AvgIpc) is 1.97. The van der Waals surface area contributed by atoms with Crippen molar-refractivity contribution in [3.05, 3.63) is 0 Å². The van der Waals surface area contributed by atoms with Crippen molar-refractivity contribution >= 4 is 0 Å². The first-order chi connectivity index (χ1) is 5.04. The highest BCUT2D eigenvalue weighted by atomic mass is 16.5. The number of hydrogen-bond donors (Lipinski definition) is 3. The Labute approximate surface area is 66.0 Å². The molecule has 0 aromatic carbocycles.